The average molecular weight is 382 g/mol. The lowest BCUT2D eigenvalue weighted by Gasteiger charge is -2.09. The molecule has 25 heavy (non-hydrogen) atoms. The molecule has 2 rings (SSSR count). The van der Waals surface area contributed by atoms with Crippen LogP contribution in [0.15, 0.2) is 42.5 Å². The number of rotatable bonds is 9. The molecule has 1 amide bonds. The normalized spacial score (nSPS) is 10.7. The Labute approximate surface area is 158 Å². The molecule has 0 aliphatic heterocycles. The van der Waals surface area contributed by atoms with Gasteiger partial charge >= 0.3 is 0 Å². The van der Waals surface area contributed by atoms with Crippen molar-refractivity contribution in [3.05, 3.63) is 63.6 Å². The van der Waals surface area contributed by atoms with Crippen LogP contribution in [0.5, 0.6) is 0 Å². The van der Waals surface area contributed by atoms with Gasteiger partial charge < -0.3 is 14.8 Å². The predicted octanol–water partition coefficient (Wildman–Crippen LogP) is 4.73. The Bertz CT molecular complexity index is 707. The summed E-state index contributed by atoms with van der Waals surface area (Å²) in [5.41, 5.74) is 2.44. The Morgan fingerprint density at radius 2 is 1.88 bits per heavy atom. The van der Waals surface area contributed by atoms with Crippen molar-refractivity contribution in [2.24, 2.45) is 0 Å². The van der Waals surface area contributed by atoms with Gasteiger partial charge in [-0.1, -0.05) is 41.4 Å². The van der Waals surface area contributed by atoms with Crippen molar-refractivity contribution in [3.8, 4) is 0 Å². The van der Waals surface area contributed by atoms with E-state index in [4.69, 9.17) is 32.7 Å². The minimum Gasteiger partial charge on any atom is -0.379 e. The topological polar surface area (TPSA) is 47.6 Å². The van der Waals surface area contributed by atoms with Crippen molar-refractivity contribution in [1.29, 1.82) is 0 Å². The molecular formula is C19H21Cl2NO3. The van der Waals surface area contributed by atoms with Crippen molar-refractivity contribution in [3.63, 3.8) is 0 Å². The number of hydrogen-bond acceptors (Lipinski definition) is 3. The number of hydrogen-bond donors (Lipinski definition) is 1. The Morgan fingerprint density at radius 3 is 2.64 bits per heavy atom. The third-order valence-electron chi connectivity index (χ3n) is 3.42. The van der Waals surface area contributed by atoms with Gasteiger partial charge in [0, 0.05) is 22.3 Å². The predicted molar refractivity (Wildman–Crippen MR) is 101 cm³/mol. The summed E-state index contributed by atoms with van der Waals surface area (Å²) in [6.07, 6.45) is 0.186. The van der Waals surface area contributed by atoms with Gasteiger partial charge in [0.05, 0.1) is 26.2 Å². The Balaban J connectivity index is 1.87. The van der Waals surface area contributed by atoms with Crippen LogP contribution < -0.4 is 5.32 Å². The van der Waals surface area contributed by atoms with E-state index in [1.807, 2.05) is 31.2 Å². The van der Waals surface area contributed by atoms with Crippen LogP contribution in [0, 0.1) is 0 Å². The van der Waals surface area contributed by atoms with Crippen LogP contribution in [-0.2, 0) is 27.3 Å². The minimum absolute atomic E-state index is 0.140. The van der Waals surface area contributed by atoms with Crippen LogP contribution in [0.2, 0.25) is 10.0 Å². The molecule has 0 unspecified atom stereocenters. The first-order chi connectivity index (χ1) is 12.1. The van der Waals surface area contributed by atoms with E-state index in [1.165, 1.54) is 0 Å². The molecule has 0 aliphatic rings. The van der Waals surface area contributed by atoms with Gasteiger partial charge in [-0.05, 0) is 42.3 Å². The molecule has 0 aliphatic carbocycles. The molecule has 2 aromatic carbocycles. The number of nitrogens with one attached hydrogen (secondary N) is 1. The van der Waals surface area contributed by atoms with Crippen LogP contribution in [0.25, 0.3) is 0 Å². The molecule has 0 radical (unpaired) electrons. The molecule has 0 aromatic heterocycles. The highest BCUT2D eigenvalue weighted by molar-refractivity contribution is 6.35. The second kappa shape index (κ2) is 10.4. The number of anilines is 1. The van der Waals surface area contributed by atoms with Gasteiger partial charge in [0.15, 0.2) is 0 Å². The van der Waals surface area contributed by atoms with Gasteiger partial charge in [-0.2, -0.15) is 0 Å². The molecule has 0 spiro atoms. The third kappa shape index (κ3) is 7.04. The van der Waals surface area contributed by atoms with Gasteiger partial charge in [0.1, 0.15) is 0 Å². The van der Waals surface area contributed by atoms with Crippen molar-refractivity contribution in [2.75, 3.05) is 25.1 Å². The number of benzene rings is 2. The average Bonchev–Trinajstić information content (AvgIpc) is 2.57. The van der Waals surface area contributed by atoms with E-state index in [1.54, 1.807) is 18.2 Å². The summed E-state index contributed by atoms with van der Waals surface area (Å²) in [6, 6.07) is 12.7. The van der Waals surface area contributed by atoms with E-state index in [0.717, 1.165) is 16.8 Å². The summed E-state index contributed by atoms with van der Waals surface area (Å²) < 4.78 is 10.8. The monoisotopic (exact) mass is 381 g/mol. The standard InChI is InChI=1S/C19H21Cl2NO3/c1-2-24-8-9-25-13-14-4-3-5-17(10-14)22-19(23)11-15-6-7-16(20)12-18(15)21/h3-7,10,12H,2,8-9,11,13H2,1H3,(H,22,23). The fourth-order valence-electron chi connectivity index (χ4n) is 2.23. The van der Waals surface area contributed by atoms with E-state index < -0.39 is 0 Å². The molecule has 0 saturated carbocycles. The maximum atomic E-state index is 12.2. The number of amides is 1. The molecule has 0 fully saturated rings. The fourth-order valence-corrected chi connectivity index (χ4v) is 2.71. The molecule has 0 saturated heterocycles. The van der Waals surface area contributed by atoms with Crippen molar-refractivity contribution in [2.45, 2.75) is 20.0 Å². The summed E-state index contributed by atoms with van der Waals surface area (Å²) in [7, 11) is 0. The van der Waals surface area contributed by atoms with Gasteiger partial charge in [-0.3, -0.25) is 4.79 Å². The van der Waals surface area contributed by atoms with Gasteiger partial charge in [-0.15, -0.1) is 0 Å². The first-order valence-corrected chi connectivity index (χ1v) is 8.82. The second-order valence-electron chi connectivity index (χ2n) is 5.41. The smallest absolute Gasteiger partial charge is 0.228 e. The lowest BCUT2D eigenvalue weighted by molar-refractivity contribution is -0.115. The zero-order valence-corrected chi connectivity index (χ0v) is 15.6. The van der Waals surface area contributed by atoms with Crippen LogP contribution in [-0.4, -0.2) is 25.7 Å². The van der Waals surface area contributed by atoms with Crippen LogP contribution >= 0.6 is 23.2 Å². The van der Waals surface area contributed by atoms with E-state index in [-0.39, 0.29) is 12.3 Å². The van der Waals surface area contributed by atoms with Crippen LogP contribution in [0.1, 0.15) is 18.1 Å². The SMILES string of the molecule is CCOCCOCc1cccc(NC(=O)Cc2ccc(Cl)cc2Cl)c1. The molecule has 1 N–H and O–H groups in total. The summed E-state index contributed by atoms with van der Waals surface area (Å²) in [6.45, 7) is 4.22. The van der Waals surface area contributed by atoms with Crippen LogP contribution in [0.4, 0.5) is 5.69 Å². The molecule has 0 bridgehead atoms. The number of carbonyl (C=O) groups excluding carboxylic acids is 1. The molecule has 4 nitrogen and oxygen atoms in total. The van der Waals surface area contributed by atoms with Gasteiger partial charge in [-0.25, -0.2) is 0 Å². The second-order valence-corrected chi connectivity index (χ2v) is 6.25. The first kappa shape index (κ1) is 19.7. The summed E-state index contributed by atoms with van der Waals surface area (Å²) >= 11 is 12.0. The highest BCUT2D eigenvalue weighted by Gasteiger charge is 2.08. The zero-order valence-electron chi connectivity index (χ0n) is 14.1. The summed E-state index contributed by atoms with van der Waals surface area (Å²) in [5.74, 6) is -0.140. The fraction of sp³-hybridized carbons (Fsp3) is 0.316. The van der Waals surface area contributed by atoms with Crippen molar-refractivity contribution in [1.82, 2.24) is 0 Å². The number of ether oxygens (including phenoxy) is 2. The molecular weight excluding hydrogens is 361 g/mol. The molecule has 2 aromatic rings. The number of carbonyl (C=O) groups is 1. The zero-order chi connectivity index (χ0) is 18.1. The summed E-state index contributed by atoms with van der Waals surface area (Å²) in [4.78, 5) is 12.2. The van der Waals surface area contributed by atoms with E-state index in [2.05, 4.69) is 5.32 Å². The molecule has 6 heteroatoms. The highest BCUT2D eigenvalue weighted by atomic mass is 35.5. The minimum atomic E-state index is -0.140. The largest absolute Gasteiger partial charge is 0.379 e. The quantitative estimate of drug-likeness (QED) is 0.638. The molecule has 0 atom stereocenters. The van der Waals surface area contributed by atoms with E-state index in [0.29, 0.717) is 36.5 Å². The van der Waals surface area contributed by atoms with Crippen molar-refractivity contribution < 1.29 is 14.3 Å². The number of halogens is 2. The van der Waals surface area contributed by atoms with Gasteiger partial charge in [0.25, 0.3) is 0 Å². The lowest BCUT2D eigenvalue weighted by atomic mass is 10.1. The van der Waals surface area contributed by atoms with E-state index >= 15 is 0 Å². The van der Waals surface area contributed by atoms with Crippen molar-refractivity contribution >= 4 is 34.8 Å². The molecule has 134 valence electrons. The third-order valence-corrected chi connectivity index (χ3v) is 4.01. The Morgan fingerprint density at radius 1 is 1.08 bits per heavy atom. The Kier molecular flexibility index (Phi) is 8.22. The van der Waals surface area contributed by atoms with Crippen LogP contribution in [0.3, 0.4) is 0 Å². The van der Waals surface area contributed by atoms with Gasteiger partial charge in [0.2, 0.25) is 5.91 Å². The first-order valence-electron chi connectivity index (χ1n) is 8.06. The maximum Gasteiger partial charge on any atom is 0.228 e. The summed E-state index contributed by atoms with van der Waals surface area (Å²) in [5, 5.41) is 3.91. The lowest BCUT2D eigenvalue weighted by Crippen LogP contribution is -2.14. The highest BCUT2D eigenvalue weighted by Crippen LogP contribution is 2.22. The molecule has 0 heterocycles. The maximum absolute atomic E-state index is 12.2. The van der Waals surface area contributed by atoms with E-state index in [9.17, 15) is 4.79 Å². The Hall–Kier alpha value is -1.59.